The van der Waals surface area contributed by atoms with Gasteiger partial charge in [0.05, 0.1) is 0 Å². The van der Waals surface area contributed by atoms with Gasteiger partial charge in [0.1, 0.15) is 0 Å². The zero-order valence-corrected chi connectivity index (χ0v) is 17.1. The summed E-state index contributed by atoms with van der Waals surface area (Å²) < 4.78 is 0. The smallest absolute Gasteiger partial charge is 0.317 e. The Kier molecular flexibility index (Phi) is 6.30. The van der Waals surface area contributed by atoms with Gasteiger partial charge >= 0.3 is 6.03 Å². The highest BCUT2D eigenvalue weighted by molar-refractivity contribution is 5.74. The number of carbonyl (C=O) groups is 1. The average Bonchev–Trinajstić information content (AvgIpc) is 3.16. The molecule has 4 rings (SSSR count). The number of carbonyl (C=O) groups excluding carboxylic acids is 1. The van der Waals surface area contributed by atoms with E-state index < -0.39 is 0 Å². The van der Waals surface area contributed by atoms with Crippen LogP contribution in [0.4, 0.5) is 4.79 Å². The van der Waals surface area contributed by atoms with Gasteiger partial charge in [0.25, 0.3) is 0 Å². The Morgan fingerprint density at radius 1 is 1.03 bits per heavy atom. The summed E-state index contributed by atoms with van der Waals surface area (Å²) >= 11 is 0. The van der Waals surface area contributed by atoms with Crippen molar-refractivity contribution >= 4 is 6.03 Å². The molecule has 2 aromatic carbocycles. The lowest BCUT2D eigenvalue weighted by atomic mass is 9.95. The monoisotopic (exact) mass is 389 g/mol. The van der Waals surface area contributed by atoms with E-state index in [1.165, 1.54) is 22.3 Å². The van der Waals surface area contributed by atoms with Crippen LogP contribution < -0.4 is 10.6 Å². The van der Waals surface area contributed by atoms with Crippen molar-refractivity contribution in [2.24, 2.45) is 5.92 Å². The Labute approximate surface area is 174 Å². The summed E-state index contributed by atoms with van der Waals surface area (Å²) in [6.07, 6.45) is 6.06. The van der Waals surface area contributed by atoms with E-state index in [0.717, 1.165) is 38.8 Å². The van der Waals surface area contributed by atoms with Gasteiger partial charge in [-0.15, -0.1) is 6.58 Å². The predicted molar refractivity (Wildman–Crippen MR) is 118 cm³/mol. The van der Waals surface area contributed by atoms with E-state index in [2.05, 4.69) is 65.7 Å². The second-order valence-electron chi connectivity index (χ2n) is 8.31. The highest BCUT2D eigenvalue weighted by Gasteiger charge is 2.23. The molecular formula is C25H31N3O. The lowest BCUT2D eigenvalue weighted by molar-refractivity contribution is 0.195. The first-order valence-corrected chi connectivity index (χ1v) is 10.7. The first-order chi connectivity index (χ1) is 14.2. The van der Waals surface area contributed by atoms with Crippen LogP contribution in [-0.4, -0.2) is 36.6 Å². The third-order valence-corrected chi connectivity index (χ3v) is 6.21. The molecule has 0 saturated heterocycles. The molecule has 0 fully saturated rings. The van der Waals surface area contributed by atoms with Gasteiger partial charge in [-0.2, -0.15) is 0 Å². The number of fused-ring (bicyclic) bond motifs is 2. The molecule has 152 valence electrons. The molecule has 0 aromatic heterocycles. The Bertz CT molecular complexity index is 838. The SMILES string of the molecule is C=CCN(C[C@@H]1Cc2ccccc2CN1)C(=O)NCCC1Cc2ccccc2C1. The summed E-state index contributed by atoms with van der Waals surface area (Å²) in [4.78, 5) is 14.7. The molecule has 2 aliphatic rings. The van der Waals surface area contributed by atoms with Gasteiger partial charge in [-0.3, -0.25) is 0 Å². The Balaban J connectivity index is 1.25. The second-order valence-corrected chi connectivity index (χ2v) is 8.31. The minimum Gasteiger partial charge on any atom is -0.338 e. The number of rotatable bonds is 7. The molecule has 0 unspecified atom stereocenters. The van der Waals surface area contributed by atoms with Crippen LogP contribution in [0.3, 0.4) is 0 Å². The van der Waals surface area contributed by atoms with Crippen molar-refractivity contribution in [3.05, 3.63) is 83.4 Å². The Hall–Kier alpha value is -2.59. The summed E-state index contributed by atoms with van der Waals surface area (Å²) in [6.45, 7) is 6.70. The van der Waals surface area contributed by atoms with Crippen LogP contribution in [0.1, 0.15) is 28.7 Å². The molecule has 2 aromatic rings. The third kappa shape index (κ3) is 4.88. The maximum Gasteiger partial charge on any atom is 0.317 e. The van der Waals surface area contributed by atoms with E-state index in [0.29, 0.717) is 19.0 Å². The van der Waals surface area contributed by atoms with E-state index in [4.69, 9.17) is 0 Å². The Morgan fingerprint density at radius 3 is 2.31 bits per heavy atom. The van der Waals surface area contributed by atoms with E-state index in [-0.39, 0.29) is 12.1 Å². The van der Waals surface area contributed by atoms with Crippen LogP contribution in [0.25, 0.3) is 0 Å². The van der Waals surface area contributed by atoms with E-state index in [1.807, 2.05) is 11.0 Å². The number of hydrogen-bond donors (Lipinski definition) is 2. The van der Waals surface area contributed by atoms with Gasteiger partial charge in [0.15, 0.2) is 0 Å². The fraction of sp³-hybridized carbons (Fsp3) is 0.400. The highest BCUT2D eigenvalue weighted by Crippen LogP contribution is 2.28. The number of nitrogens with one attached hydrogen (secondary N) is 2. The maximum absolute atomic E-state index is 12.8. The average molecular weight is 390 g/mol. The summed E-state index contributed by atoms with van der Waals surface area (Å²) in [5, 5.41) is 6.72. The first-order valence-electron chi connectivity index (χ1n) is 10.7. The lowest BCUT2D eigenvalue weighted by Crippen LogP contribution is -2.49. The van der Waals surface area contributed by atoms with Gasteiger partial charge in [-0.25, -0.2) is 4.79 Å². The minimum absolute atomic E-state index is 0.0149. The molecular weight excluding hydrogens is 358 g/mol. The van der Waals surface area contributed by atoms with E-state index in [9.17, 15) is 4.79 Å². The second kappa shape index (κ2) is 9.27. The Morgan fingerprint density at radius 2 is 1.66 bits per heavy atom. The van der Waals surface area contributed by atoms with Crippen molar-refractivity contribution < 1.29 is 4.79 Å². The summed E-state index contributed by atoms with van der Waals surface area (Å²) in [5.74, 6) is 0.636. The fourth-order valence-electron chi connectivity index (χ4n) is 4.66. The zero-order valence-electron chi connectivity index (χ0n) is 17.1. The molecule has 29 heavy (non-hydrogen) atoms. The molecule has 1 heterocycles. The number of amides is 2. The molecule has 0 bridgehead atoms. The minimum atomic E-state index is 0.0149. The maximum atomic E-state index is 12.8. The van der Waals surface area contributed by atoms with Gasteiger partial charge in [0, 0.05) is 32.2 Å². The van der Waals surface area contributed by atoms with Crippen LogP contribution in [0.15, 0.2) is 61.2 Å². The molecule has 0 spiro atoms. The van der Waals surface area contributed by atoms with Crippen molar-refractivity contribution in [1.29, 1.82) is 0 Å². The van der Waals surface area contributed by atoms with Crippen LogP contribution in [0.2, 0.25) is 0 Å². The van der Waals surface area contributed by atoms with Crippen LogP contribution in [0, 0.1) is 5.92 Å². The van der Waals surface area contributed by atoms with Gasteiger partial charge in [-0.1, -0.05) is 54.6 Å². The molecule has 4 heteroatoms. The van der Waals surface area contributed by atoms with Crippen LogP contribution in [0.5, 0.6) is 0 Å². The van der Waals surface area contributed by atoms with Gasteiger partial charge in [-0.05, 0) is 53.9 Å². The topological polar surface area (TPSA) is 44.4 Å². The van der Waals surface area contributed by atoms with Crippen molar-refractivity contribution in [3.63, 3.8) is 0 Å². The number of urea groups is 1. The molecule has 1 atom stereocenters. The van der Waals surface area contributed by atoms with Crippen LogP contribution >= 0.6 is 0 Å². The number of nitrogens with zero attached hydrogens (tertiary/aromatic N) is 1. The number of hydrogen-bond acceptors (Lipinski definition) is 2. The zero-order chi connectivity index (χ0) is 20.1. The third-order valence-electron chi connectivity index (χ3n) is 6.21. The van der Waals surface area contributed by atoms with Crippen molar-refractivity contribution in [1.82, 2.24) is 15.5 Å². The predicted octanol–water partition coefficient (Wildman–Crippen LogP) is 3.70. The first kappa shape index (κ1) is 19.7. The van der Waals surface area contributed by atoms with Gasteiger partial charge < -0.3 is 15.5 Å². The number of benzene rings is 2. The van der Waals surface area contributed by atoms with Gasteiger partial charge in [0.2, 0.25) is 0 Å². The summed E-state index contributed by atoms with van der Waals surface area (Å²) in [5.41, 5.74) is 5.69. The normalized spacial score (nSPS) is 18.0. The van der Waals surface area contributed by atoms with E-state index >= 15 is 0 Å². The molecule has 1 aliphatic heterocycles. The molecule has 4 nitrogen and oxygen atoms in total. The standard InChI is InChI=1S/C25H31N3O/c1-2-13-28(18-24-16-22-9-5-6-10-23(22)17-27-24)25(29)26-12-11-19-14-20-7-3-4-8-21(20)15-19/h2-10,19,24,27H,1,11-18H2,(H,26,29)/t24-/m0/s1. The van der Waals surface area contributed by atoms with Crippen molar-refractivity contribution in [3.8, 4) is 0 Å². The molecule has 2 amide bonds. The highest BCUT2D eigenvalue weighted by atomic mass is 16.2. The quantitative estimate of drug-likeness (QED) is 0.709. The van der Waals surface area contributed by atoms with Crippen molar-refractivity contribution in [2.45, 2.75) is 38.3 Å². The fourth-order valence-corrected chi connectivity index (χ4v) is 4.66. The van der Waals surface area contributed by atoms with Crippen molar-refractivity contribution in [2.75, 3.05) is 19.6 Å². The molecule has 2 N–H and O–H groups in total. The summed E-state index contributed by atoms with van der Waals surface area (Å²) in [6, 6.07) is 17.5. The summed E-state index contributed by atoms with van der Waals surface area (Å²) in [7, 11) is 0. The van der Waals surface area contributed by atoms with Crippen LogP contribution in [-0.2, 0) is 25.8 Å². The largest absolute Gasteiger partial charge is 0.338 e. The molecule has 1 aliphatic carbocycles. The molecule has 0 saturated carbocycles. The molecule has 0 radical (unpaired) electrons. The van der Waals surface area contributed by atoms with E-state index in [1.54, 1.807) is 0 Å². The lowest BCUT2D eigenvalue weighted by Gasteiger charge is -2.31.